The summed E-state index contributed by atoms with van der Waals surface area (Å²) in [5, 5.41) is 20.7. The van der Waals surface area contributed by atoms with Gasteiger partial charge in [0.2, 0.25) is 29.5 Å². The van der Waals surface area contributed by atoms with Crippen LogP contribution in [0.5, 0.6) is 5.75 Å². The first kappa shape index (κ1) is 42.9. The van der Waals surface area contributed by atoms with Crippen LogP contribution in [-0.4, -0.2) is 83.9 Å². The summed E-state index contributed by atoms with van der Waals surface area (Å²) in [4.78, 5) is 70.7. The van der Waals surface area contributed by atoms with Gasteiger partial charge in [-0.3, -0.25) is 29.0 Å². The molecule has 16 nitrogen and oxygen atoms in total. The Bertz CT molecular complexity index is 1470. The van der Waals surface area contributed by atoms with Crippen LogP contribution in [0.4, 0.5) is 0 Å². The number of carbonyl (C=O) groups excluding carboxylic acids is 5. The van der Waals surface area contributed by atoms with Crippen LogP contribution < -0.4 is 49.9 Å². The zero-order chi connectivity index (χ0) is 38.6. The zero-order valence-electron chi connectivity index (χ0n) is 30.1. The number of benzene rings is 2. The monoisotopic (exact) mass is 724 g/mol. The molecule has 52 heavy (non-hydrogen) atoms. The Kier molecular flexibility index (Phi) is 18.6. The summed E-state index contributed by atoms with van der Waals surface area (Å²) in [6, 6.07) is 9.91. The molecule has 16 heteroatoms. The van der Waals surface area contributed by atoms with Crippen molar-refractivity contribution in [2.75, 3.05) is 13.1 Å². The van der Waals surface area contributed by atoms with E-state index in [0.29, 0.717) is 31.4 Å². The van der Waals surface area contributed by atoms with Gasteiger partial charge in [-0.25, -0.2) is 0 Å². The minimum absolute atomic E-state index is 0.00874. The highest BCUT2D eigenvalue weighted by Gasteiger charge is 2.33. The smallest absolute Gasteiger partial charge is 0.243 e. The van der Waals surface area contributed by atoms with Crippen LogP contribution in [-0.2, 0) is 36.8 Å². The highest BCUT2D eigenvalue weighted by atomic mass is 16.3. The molecule has 0 fully saturated rings. The predicted molar refractivity (Wildman–Crippen MR) is 199 cm³/mol. The Hall–Kier alpha value is -5.22. The Morgan fingerprint density at radius 3 is 1.88 bits per heavy atom. The number of rotatable bonds is 23. The topological polar surface area (TPSA) is 296 Å². The van der Waals surface area contributed by atoms with Gasteiger partial charge in [0.25, 0.3) is 0 Å². The van der Waals surface area contributed by atoms with E-state index in [2.05, 4.69) is 26.3 Å². The van der Waals surface area contributed by atoms with Crippen molar-refractivity contribution in [3.8, 4) is 5.75 Å². The summed E-state index contributed by atoms with van der Waals surface area (Å²) < 4.78 is 0. The van der Waals surface area contributed by atoms with Gasteiger partial charge in [0.1, 0.15) is 29.9 Å². The Balaban J connectivity index is 2.34. The first-order valence-electron chi connectivity index (χ1n) is 17.6. The molecular weight excluding hydrogens is 668 g/mol. The molecule has 15 N–H and O–H groups in total. The molecule has 0 unspecified atom stereocenters. The fraction of sp³-hybridized carbons (Fsp3) is 0.500. The SMILES string of the molecule is CC[C@H](C)[C@H](NC(=O)[C@H](CCCN=C(N)N)NC(=O)[C@H](Cc1ccc(O)cc1)NC(=O)[C@@H](N)Cc1ccccc1)C(=O)N[C@@H](CCCCN)C(N)=O. The van der Waals surface area contributed by atoms with Crippen molar-refractivity contribution in [1.29, 1.82) is 0 Å². The van der Waals surface area contributed by atoms with Gasteiger partial charge in [-0.15, -0.1) is 0 Å². The van der Waals surface area contributed by atoms with Crippen LogP contribution in [0.1, 0.15) is 63.5 Å². The molecule has 0 aliphatic carbocycles. The van der Waals surface area contributed by atoms with Gasteiger partial charge in [0.15, 0.2) is 5.96 Å². The Morgan fingerprint density at radius 2 is 1.29 bits per heavy atom. The highest BCUT2D eigenvalue weighted by Crippen LogP contribution is 2.14. The van der Waals surface area contributed by atoms with Gasteiger partial charge in [0, 0.05) is 13.0 Å². The number of hydrogen-bond acceptors (Lipinski definition) is 9. The van der Waals surface area contributed by atoms with Crippen molar-refractivity contribution in [2.45, 2.75) is 95.4 Å². The van der Waals surface area contributed by atoms with Crippen LogP contribution in [0.25, 0.3) is 0 Å². The van der Waals surface area contributed by atoms with Crippen LogP contribution in [0, 0.1) is 5.92 Å². The fourth-order valence-corrected chi connectivity index (χ4v) is 5.36. The minimum Gasteiger partial charge on any atom is -0.508 e. The van der Waals surface area contributed by atoms with Crippen molar-refractivity contribution in [3.05, 3.63) is 65.7 Å². The summed E-state index contributed by atoms with van der Waals surface area (Å²) >= 11 is 0. The number of aromatic hydroxyl groups is 1. The molecule has 2 rings (SSSR count). The number of nitrogens with zero attached hydrogens (tertiary/aromatic N) is 1. The second-order valence-corrected chi connectivity index (χ2v) is 12.9. The van der Waals surface area contributed by atoms with E-state index in [1.165, 1.54) is 12.1 Å². The quantitative estimate of drug-likeness (QED) is 0.0385. The molecule has 0 heterocycles. The maximum atomic E-state index is 13.9. The maximum absolute atomic E-state index is 13.9. The number of nitrogens with two attached hydrogens (primary N) is 5. The summed E-state index contributed by atoms with van der Waals surface area (Å²) in [5.74, 6) is -3.75. The van der Waals surface area contributed by atoms with Crippen LogP contribution in [0.2, 0.25) is 0 Å². The lowest BCUT2D eigenvalue weighted by atomic mass is 9.96. The third-order valence-corrected chi connectivity index (χ3v) is 8.62. The molecule has 0 aliphatic heterocycles. The number of carbonyl (C=O) groups is 5. The average Bonchev–Trinajstić information content (AvgIpc) is 3.11. The molecule has 0 saturated carbocycles. The third-order valence-electron chi connectivity index (χ3n) is 8.62. The lowest BCUT2D eigenvalue weighted by Crippen LogP contribution is -2.60. The maximum Gasteiger partial charge on any atom is 0.243 e. The molecule has 5 amide bonds. The number of aliphatic imine (C=N–C) groups is 1. The van der Waals surface area contributed by atoms with E-state index < -0.39 is 59.7 Å². The lowest BCUT2D eigenvalue weighted by molar-refractivity contribution is -0.135. The van der Waals surface area contributed by atoms with E-state index >= 15 is 0 Å². The summed E-state index contributed by atoms with van der Waals surface area (Å²) in [6.07, 6.45) is 2.56. The van der Waals surface area contributed by atoms with E-state index in [0.717, 1.165) is 5.56 Å². The molecule has 0 bridgehead atoms. The van der Waals surface area contributed by atoms with Crippen molar-refractivity contribution in [1.82, 2.24) is 21.3 Å². The van der Waals surface area contributed by atoms with E-state index in [1.54, 1.807) is 19.1 Å². The Labute approximate surface area is 305 Å². The van der Waals surface area contributed by atoms with E-state index in [4.69, 9.17) is 28.7 Å². The first-order valence-corrected chi connectivity index (χ1v) is 17.6. The molecule has 0 saturated heterocycles. The molecule has 0 spiro atoms. The molecule has 6 atom stereocenters. The number of phenols is 1. The van der Waals surface area contributed by atoms with Gasteiger partial charge >= 0.3 is 0 Å². The van der Waals surface area contributed by atoms with Gasteiger partial charge in [0.05, 0.1) is 6.04 Å². The second-order valence-electron chi connectivity index (χ2n) is 12.9. The number of nitrogens with one attached hydrogen (secondary N) is 4. The first-order chi connectivity index (χ1) is 24.7. The largest absolute Gasteiger partial charge is 0.508 e. The molecule has 0 radical (unpaired) electrons. The van der Waals surface area contributed by atoms with Gasteiger partial charge in [-0.05, 0) is 74.2 Å². The standard InChI is InChI=1S/C36H56N10O6/c1-3-22(2)30(35(52)43-27(31(39)48)12-7-8-18-37)46-33(50)28(13-9-19-42-36(40)41)44-34(51)29(21-24-14-16-25(47)17-15-24)45-32(49)26(38)20-23-10-5-4-6-11-23/h4-6,10-11,14-17,22,26-30,47H,3,7-9,12-13,18-21,37-38H2,1-2H3,(H2,39,48)(H,43,52)(H,44,51)(H,45,49)(H,46,50)(H4,40,41,42)/t22-,26-,27-,28-,29-,30-/m0/s1. The number of guanidine groups is 1. The average molecular weight is 725 g/mol. The van der Waals surface area contributed by atoms with Gasteiger partial charge < -0.3 is 55.0 Å². The van der Waals surface area contributed by atoms with Crippen LogP contribution in [0.15, 0.2) is 59.6 Å². The summed E-state index contributed by atoms with van der Waals surface area (Å²) in [6.45, 7) is 4.19. The zero-order valence-corrected chi connectivity index (χ0v) is 30.1. The second kappa shape index (κ2) is 22.6. The molecular formula is C36H56N10O6. The van der Waals surface area contributed by atoms with E-state index in [-0.39, 0.29) is 56.3 Å². The number of unbranched alkanes of at least 4 members (excludes halogenated alkanes) is 1. The number of amides is 5. The van der Waals surface area contributed by atoms with Crippen LogP contribution >= 0.6 is 0 Å². The van der Waals surface area contributed by atoms with E-state index in [1.807, 2.05) is 37.3 Å². The highest BCUT2D eigenvalue weighted by molar-refractivity contribution is 5.96. The van der Waals surface area contributed by atoms with Crippen molar-refractivity contribution in [3.63, 3.8) is 0 Å². The van der Waals surface area contributed by atoms with E-state index in [9.17, 15) is 29.1 Å². The predicted octanol–water partition coefficient (Wildman–Crippen LogP) is -0.842. The van der Waals surface area contributed by atoms with Crippen LogP contribution in [0.3, 0.4) is 0 Å². The normalized spacial score (nSPS) is 14.4. The number of phenolic OH excluding ortho intramolecular Hbond substituents is 1. The minimum atomic E-state index is -1.19. The number of hydrogen-bond donors (Lipinski definition) is 10. The van der Waals surface area contributed by atoms with Crippen molar-refractivity contribution in [2.24, 2.45) is 39.6 Å². The molecule has 0 aliphatic rings. The van der Waals surface area contributed by atoms with Crippen molar-refractivity contribution >= 4 is 35.5 Å². The molecule has 2 aromatic rings. The number of primary amides is 1. The van der Waals surface area contributed by atoms with Crippen molar-refractivity contribution < 1.29 is 29.1 Å². The molecule has 2 aromatic carbocycles. The van der Waals surface area contributed by atoms with Gasteiger partial charge in [-0.2, -0.15) is 0 Å². The summed E-state index contributed by atoms with van der Waals surface area (Å²) in [7, 11) is 0. The third kappa shape index (κ3) is 15.3. The lowest BCUT2D eigenvalue weighted by Gasteiger charge is -2.29. The molecule has 0 aromatic heterocycles. The summed E-state index contributed by atoms with van der Waals surface area (Å²) in [5.41, 5.74) is 29.7. The molecule has 286 valence electrons. The Morgan fingerprint density at radius 1 is 0.712 bits per heavy atom. The van der Waals surface area contributed by atoms with Gasteiger partial charge in [-0.1, -0.05) is 62.7 Å². The fourth-order valence-electron chi connectivity index (χ4n) is 5.36.